The summed E-state index contributed by atoms with van der Waals surface area (Å²) in [7, 11) is 0. The summed E-state index contributed by atoms with van der Waals surface area (Å²) in [5.41, 5.74) is 1.88. The predicted octanol–water partition coefficient (Wildman–Crippen LogP) is 3.56. The molecule has 0 saturated carbocycles. The van der Waals surface area contributed by atoms with Crippen LogP contribution in [0.1, 0.15) is 0 Å². The number of hydrogen-bond donors (Lipinski definition) is 2. The van der Waals surface area contributed by atoms with Crippen molar-refractivity contribution in [2.45, 2.75) is 0 Å². The molecule has 5 nitrogen and oxygen atoms in total. The van der Waals surface area contributed by atoms with Gasteiger partial charge in [0.15, 0.2) is 5.75 Å². The van der Waals surface area contributed by atoms with Gasteiger partial charge in [0.1, 0.15) is 17.2 Å². The fraction of sp³-hybridized carbons (Fsp3) is 0. The topological polar surface area (TPSA) is 79.1 Å². The van der Waals surface area contributed by atoms with Crippen molar-refractivity contribution in [3.05, 3.63) is 71.1 Å². The number of H-pyrrole nitrogens is 1. The molecule has 0 amide bonds. The van der Waals surface area contributed by atoms with E-state index in [-0.39, 0.29) is 0 Å². The van der Waals surface area contributed by atoms with E-state index in [2.05, 4.69) is 9.97 Å². The summed E-state index contributed by atoms with van der Waals surface area (Å²) < 4.78 is 5.86. The highest BCUT2D eigenvalue weighted by atomic mass is 16.3. The number of aromatic nitrogens is 2. The molecule has 0 atom stereocenters. The molecule has 0 aliphatic heterocycles. The highest BCUT2D eigenvalue weighted by Gasteiger charge is 2.09. The molecular formula is C18H12N2O3. The first-order chi connectivity index (χ1) is 11.2. The highest BCUT2D eigenvalue weighted by Crippen LogP contribution is 2.29. The average molecular weight is 304 g/mol. The molecule has 112 valence electrons. The fourth-order valence-electron chi connectivity index (χ4n) is 2.48. The quantitative estimate of drug-likeness (QED) is 0.593. The van der Waals surface area contributed by atoms with E-state index in [0.29, 0.717) is 5.82 Å². The number of nitrogens with zero attached hydrogens (tertiary/aromatic N) is 1. The average Bonchev–Trinajstić information content (AvgIpc) is 3.02. The lowest BCUT2D eigenvalue weighted by atomic mass is 10.1. The van der Waals surface area contributed by atoms with Crippen LogP contribution in [-0.4, -0.2) is 15.1 Å². The van der Waals surface area contributed by atoms with Gasteiger partial charge in [-0.1, -0.05) is 36.4 Å². The summed E-state index contributed by atoms with van der Waals surface area (Å²) >= 11 is 0. The second-order valence-corrected chi connectivity index (χ2v) is 5.18. The Morgan fingerprint density at radius 2 is 1.83 bits per heavy atom. The van der Waals surface area contributed by atoms with Gasteiger partial charge in [-0.3, -0.25) is 4.79 Å². The minimum Gasteiger partial charge on any atom is -0.502 e. The van der Waals surface area contributed by atoms with Crippen molar-refractivity contribution in [1.82, 2.24) is 9.97 Å². The maximum atomic E-state index is 11.5. The Labute approximate surface area is 130 Å². The van der Waals surface area contributed by atoms with Crippen LogP contribution in [-0.2, 0) is 0 Å². The van der Waals surface area contributed by atoms with Gasteiger partial charge in [0.2, 0.25) is 0 Å². The first-order valence-electron chi connectivity index (χ1n) is 7.08. The Morgan fingerprint density at radius 1 is 1.00 bits per heavy atom. The van der Waals surface area contributed by atoms with Crippen LogP contribution < -0.4 is 5.56 Å². The van der Waals surface area contributed by atoms with Crippen LogP contribution in [0.4, 0.5) is 0 Å². The SMILES string of the molecule is O=c1[nH]c(-c2cccc(-c3cc4ccccc4o3)c2)ncc1O. The molecule has 2 aromatic heterocycles. The van der Waals surface area contributed by atoms with Crippen LogP contribution in [0.15, 0.2) is 70.0 Å². The maximum Gasteiger partial charge on any atom is 0.293 e. The van der Waals surface area contributed by atoms with Crippen LogP contribution in [0.3, 0.4) is 0 Å². The molecule has 0 fully saturated rings. The van der Waals surface area contributed by atoms with E-state index in [4.69, 9.17) is 4.42 Å². The molecule has 4 aromatic rings. The van der Waals surface area contributed by atoms with Gasteiger partial charge in [-0.25, -0.2) is 4.98 Å². The third kappa shape index (κ3) is 2.38. The normalized spacial score (nSPS) is 11.0. The first kappa shape index (κ1) is 13.3. The summed E-state index contributed by atoms with van der Waals surface area (Å²) in [4.78, 5) is 18.1. The molecule has 0 radical (unpaired) electrons. The lowest BCUT2D eigenvalue weighted by Gasteiger charge is -2.03. The summed E-state index contributed by atoms with van der Waals surface area (Å²) in [6, 6.07) is 17.3. The summed E-state index contributed by atoms with van der Waals surface area (Å²) in [6.07, 6.45) is 1.14. The predicted molar refractivity (Wildman–Crippen MR) is 87.2 cm³/mol. The zero-order valence-electron chi connectivity index (χ0n) is 12.0. The van der Waals surface area contributed by atoms with E-state index >= 15 is 0 Å². The van der Waals surface area contributed by atoms with E-state index in [1.54, 1.807) is 0 Å². The molecule has 0 unspecified atom stereocenters. The van der Waals surface area contributed by atoms with Crippen molar-refractivity contribution in [2.24, 2.45) is 0 Å². The maximum absolute atomic E-state index is 11.5. The van der Waals surface area contributed by atoms with Crippen molar-refractivity contribution in [3.63, 3.8) is 0 Å². The number of rotatable bonds is 2. The van der Waals surface area contributed by atoms with Crippen LogP contribution in [0.25, 0.3) is 33.7 Å². The number of para-hydroxylation sites is 1. The smallest absolute Gasteiger partial charge is 0.293 e. The van der Waals surface area contributed by atoms with Gasteiger partial charge in [0, 0.05) is 16.5 Å². The number of nitrogens with one attached hydrogen (secondary N) is 1. The van der Waals surface area contributed by atoms with Gasteiger partial charge in [-0.15, -0.1) is 0 Å². The Bertz CT molecular complexity index is 1030. The Morgan fingerprint density at radius 3 is 2.65 bits per heavy atom. The number of aromatic hydroxyl groups is 1. The molecule has 2 heterocycles. The molecule has 23 heavy (non-hydrogen) atoms. The minimum atomic E-state index is -0.566. The second kappa shape index (κ2) is 5.14. The third-order valence-corrected chi connectivity index (χ3v) is 3.63. The number of aromatic amines is 1. The van der Waals surface area contributed by atoms with E-state index in [1.807, 2.05) is 54.6 Å². The van der Waals surface area contributed by atoms with Crippen molar-refractivity contribution in [2.75, 3.05) is 0 Å². The number of benzene rings is 2. The van der Waals surface area contributed by atoms with Gasteiger partial charge in [0.25, 0.3) is 5.56 Å². The molecule has 0 aliphatic rings. The zero-order chi connectivity index (χ0) is 15.8. The van der Waals surface area contributed by atoms with Gasteiger partial charge in [0.05, 0.1) is 6.20 Å². The van der Waals surface area contributed by atoms with E-state index < -0.39 is 11.3 Å². The molecule has 0 aliphatic carbocycles. The molecule has 4 rings (SSSR count). The zero-order valence-corrected chi connectivity index (χ0v) is 12.0. The molecule has 0 bridgehead atoms. The molecule has 0 saturated heterocycles. The van der Waals surface area contributed by atoms with Crippen LogP contribution in [0.2, 0.25) is 0 Å². The third-order valence-electron chi connectivity index (χ3n) is 3.63. The van der Waals surface area contributed by atoms with Crippen molar-refractivity contribution >= 4 is 11.0 Å². The summed E-state index contributed by atoms with van der Waals surface area (Å²) in [6.45, 7) is 0. The van der Waals surface area contributed by atoms with Gasteiger partial charge in [-0.2, -0.15) is 0 Å². The standard InChI is InChI=1S/C18H12N2O3/c21-14-10-19-17(20-18(14)22)13-6-3-5-11(8-13)16-9-12-4-1-2-7-15(12)23-16/h1-10,21H,(H,19,20,22). The Kier molecular flexibility index (Phi) is 2.98. The fourth-order valence-corrected chi connectivity index (χ4v) is 2.48. The molecule has 2 N–H and O–H groups in total. The lowest BCUT2D eigenvalue weighted by Crippen LogP contribution is -2.07. The summed E-state index contributed by atoms with van der Waals surface area (Å²) in [5.74, 6) is 0.738. The van der Waals surface area contributed by atoms with Crippen molar-refractivity contribution < 1.29 is 9.52 Å². The van der Waals surface area contributed by atoms with E-state index in [9.17, 15) is 9.90 Å². The van der Waals surface area contributed by atoms with Gasteiger partial charge in [-0.05, 0) is 18.2 Å². The molecule has 2 aromatic carbocycles. The largest absolute Gasteiger partial charge is 0.502 e. The minimum absolute atomic E-state index is 0.394. The van der Waals surface area contributed by atoms with Gasteiger partial charge < -0.3 is 14.5 Å². The van der Waals surface area contributed by atoms with Gasteiger partial charge >= 0.3 is 0 Å². The molecule has 5 heteroatoms. The lowest BCUT2D eigenvalue weighted by molar-refractivity contribution is 0.463. The molecular weight excluding hydrogens is 292 g/mol. The van der Waals surface area contributed by atoms with E-state index in [1.165, 1.54) is 0 Å². The Hall–Kier alpha value is -3.34. The monoisotopic (exact) mass is 304 g/mol. The Balaban J connectivity index is 1.81. The molecule has 0 spiro atoms. The van der Waals surface area contributed by atoms with E-state index in [0.717, 1.165) is 34.1 Å². The highest BCUT2D eigenvalue weighted by molar-refractivity contribution is 5.83. The number of fused-ring (bicyclic) bond motifs is 1. The van der Waals surface area contributed by atoms with Crippen molar-refractivity contribution in [1.29, 1.82) is 0 Å². The van der Waals surface area contributed by atoms with Crippen LogP contribution in [0.5, 0.6) is 5.75 Å². The first-order valence-corrected chi connectivity index (χ1v) is 7.08. The second-order valence-electron chi connectivity index (χ2n) is 5.18. The number of furan rings is 1. The van der Waals surface area contributed by atoms with Crippen molar-refractivity contribution in [3.8, 4) is 28.5 Å². The van der Waals surface area contributed by atoms with Crippen LogP contribution in [0, 0.1) is 0 Å². The summed E-state index contributed by atoms with van der Waals surface area (Å²) in [5, 5.41) is 10.3. The number of hydrogen-bond acceptors (Lipinski definition) is 4. The van der Waals surface area contributed by atoms with Crippen LogP contribution >= 0.6 is 0 Å².